The Hall–Kier alpha value is -2.45. The highest BCUT2D eigenvalue weighted by atomic mass is 32.2. The van der Waals surface area contributed by atoms with E-state index in [0.717, 1.165) is 21.3 Å². The van der Waals surface area contributed by atoms with Gasteiger partial charge in [0.1, 0.15) is 0 Å². The summed E-state index contributed by atoms with van der Waals surface area (Å²) in [5.74, 6) is -0.109. The minimum absolute atomic E-state index is 0.109. The second-order valence-electron chi connectivity index (χ2n) is 5.98. The minimum atomic E-state index is -3.67. The molecule has 0 bridgehead atoms. The monoisotopic (exact) mass is 389 g/mol. The second-order valence-corrected chi connectivity index (χ2v) is 8.69. The van der Waals surface area contributed by atoms with Gasteiger partial charge in [-0.1, -0.05) is 36.0 Å². The van der Waals surface area contributed by atoms with Gasteiger partial charge in [0.2, 0.25) is 5.91 Å². The fourth-order valence-corrected chi connectivity index (χ4v) is 4.49. The second kappa shape index (κ2) is 7.05. The molecule has 3 aromatic rings. The van der Waals surface area contributed by atoms with Crippen molar-refractivity contribution in [3.63, 3.8) is 0 Å². The van der Waals surface area contributed by atoms with E-state index in [2.05, 4.69) is 15.0 Å². The van der Waals surface area contributed by atoms with E-state index in [4.69, 9.17) is 0 Å². The molecule has 136 valence electrons. The lowest BCUT2D eigenvalue weighted by Gasteiger charge is -2.09. The highest BCUT2D eigenvalue weighted by Gasteiger charge is 2.16. The number of aromatic nitrogens is 1. The van der Waals surface area contributed by atoms with Crippen LogP contribution in [0.15, 0.2) is 41.3 Å². The van der Waals surface area contributed by atoms with Crippen molar-refractivity contribution in [2.45, 2.75) is 32.1 Å². The van der Waals surface area contributed by atoms with Gasteiger partial charge in [-0.25, -0.2) is 13.4 Å². The molecule has 26 heavy (non-hydrogen) atoms. The number of rotatable bonds is 5. The summed E-state index contributed by atoms with van der Waals surface area (Å²) in [6, 6.07) is 10.1. The maximum absolute atomic E-state index is 12.6. The van der Waals surface area contributed by atoms with Gasteiger partial charge in [0.15, 0.2) is 5.13 Å². The number of nitrogens with zero attached hydrogens (tertiary/aromatic N) is 1. The molecule has 2 N–H and O–H groups in total. The third-order valence-electron chi connectivity index (χ3n) is 3.84. The number of nitrogens with one attached hydrogen (secondary N) is 2. The van der Waals surface area contributed by atoms with E-state index in [1.807, 2.05) is 13.8 Å². The summed E-state index contributed by atoms with van der Waals surface area (Å²) in [6.45, 7) is 5.53. The minimum Gasteiger partial charge on any atom is -0.302 e. The lowest BCUT2D eigenvalue weighted by molar-refractivity contribution is -0.115. The number of fused-ring (bicyclic) bond motifs is 1. The molecule has 6 nitrogen and oxygen atoms in total. The zero-order chi connectivity index (χ0) is 18.9. The van der Waals surface area contributed by atoms with Crippen LogP contribution < -0.4 is 10.0 Å². The Labute approximate surface area is 156 Å². The molecule has 0 saturated heterocycles. The van der Waals surface area contributed by atoms with Crippen LogP contribution in [0.25, 0.3) is 10.2 Å². The number of hydrogen-bond acceptors (Lipinski definition) is 5. The number of aryl methyl sites for hydroxylation is 2. The van der Waals surface area contributed by atoms with E-state index in [1.165, 1.54) is 11.3 Å². The molecule has 2 aromatic carbocycles. The Morgan fingerprint density at radius 3 is 2.50 bits per heavy atom. The first-order valence-corrected chi connectivity index (χ1v) is 10.4. The molecule has 0 aliphatic heterocycles. The molecule has 0 atom stereocenters. The number of sulfonamides is 1. The maximum atomic E-state index is 12.6. The van der Waals surface area contributed by atoms with Crippen molar-refractivity contribution in [2.24, 2.45) is 0 Å². The molecule has 0 unspecified atom stereocenters. The molecule has 0 saturated carbocycles. The highest BCUT2D eigenvalue weighted by molar-refractivity contribution is 7.92. The number of anilines is 2. The first kappa shape index (κ1) is 18.3. The molecular formula is C18H19N3O3S2. The Kier molecular flexibility index (Phi) is 4.97. The molecule has 0 radical (unpaired) electrons. The van der Waals surface area contributed by atoms with Crippen molar-refractivity contribution in [1.29, 1.82) is 0 Å². The predicted octanol–water partition coefficient (Wildman–Crippen LogP) is 4.06. The number of benzene rings is 2. The SMILES string of the molecule is CCC(=O)Nc1nc2c(C)cc(NS(=O)(=O)c3ccc(C)cc3)cc2s1. The Bertz CT molecular complexity index is 1070. The first-order chi connectivity index (χ1) is 12.3. The van der Waals surface area contributed by atoms with Gasteiger partial charge in [0.05, 0.1) is 20.8 Å². The van der Waals surface area contributed by atoms with Gasteiger partial charge in [-0.15, -0.1) is 0 Å². The fraction of sp³-hybridized carbons (Fsp3) is 0.222. The first-order valence-electron chi connectivity index (χ1n) is 8.09. The van der Waals surface area contributed by atoms with Crippen LogP contribution in [-0.2, 0) is 14.8 Å². The van der Waals surface area contributed by atoms with Crippen LogP contribution in [0.1, 0.15) is 24.5 Å². The van der Waals surface area contributed by atoms with Crippen molar-refractivity contribution in [3.05, 3.63) is 47.5 Å². The summed E-state index contributed by atoms with van der Waals surface area (Å²) in [6.07, 6.45) is 0.372. The normalized spacial score (nSPS) is 11.5. The van der Waals surface area contributed by atoms with Crippen LogP contribution in [0.4, 0.5) is 10.8 Å². The third kappa shape index (κ3) is 3.86. The lowest BCUT2D eigenvalue weighted by atomic mass is 10.2. The van der Waals surface area contributed by atoms with Crippen molar-refractivity contribution in [2.75, 3.05) is 10.0 Å². The van der Waals surface area contributed by atoms with Gasteiger partial charge in [0, 0.05) is 6.42 Å². The van der Waals surface area contributed by atoms with E-state index in [-0.39, 0.29) is 10.8 Å². The van der Waals surface area contributed by atoms with E-state index in [9.17, 15) is 13.2 Å². The molecule has 0 fully saturated rings. The van der Waals surface area contributed by atoms with Crippen LogP contribution in [0.3, 0.4) is 0 Å². The fourth-order valence-electron chi connectivity index (χ4n) is 2.45. The molecule has 0 spiro atoms. The van der Waals surface area contributed by atoms with Crippen LogP contribution in [-0.4, -0.2) is 19.3 Å². The van der Waals surface area contributed by atoms with Crippen LogP contribution in [0.5, 0.6) is 0 Å². The van der Waals surface area contributed by atoms with E-state index < -0.39 is 10.0 Å². The maximum Gasteiger partial charge on any atom is 0.261 e. The van der Waals surface area contributed by atoms with E-state index >= 15 is 0 Å². The van der Waals surface area contributed by atoms with Gasteiger partial charge in [-0.05, 0) is 43.7 Å². The molecule has 0 aliphatic carbocycles. The zero-order valence-corrected chi connectivity index (χ0v) is 16.3. The molecule has 0 aliphatic rings. The highest BCUT2D eigenvalue weighted by Crippen LogP contribution is 2.32. The van der Waals surface area contributed by atoms with Crippen LogP contribution >= 0.6 is 11.3 Å². The zero-order valence-electron chi connectivity index (χ0n) is 14.7. The Balaban J connectivity index is 1.93. The molecule has 8 heteroatoms. The summed E-state index contributed by atoms with van der Waals surface area (Å²) in [7, 11) is -3.67. The average Bonchev–Trinajstić information content (AvgIpc) is 2.97. The lowest BCUT2D eigenvalue weighted by Crippen LogP contribution is -2.13. The van der Waals surface area contributed by atoms with Gasteiger partial charge >= 0.3 is 0 Å². The average molecular weight is 390 g/mol. The summed E-state index contributed by atoms with van der Waals surface area (Å²) >= 11 is 1.32. The number of amides is 1. The van der Waals surface area contributed by atoms with Crippen molar-refractivity contribution < 1.29 is 13.2 Å². The standard InChI is InChI=1S/C18H19N3O3S2/c1-4-16(22)19-18-20-17-12(3)9-13(10-15(17)25-18)21-26(23,24)14-7-5-11(2)6-8-14/h5-10,21H,4H2,1-3H3,(H,19,20,22). The molecule has 1 amide bonds. The number of carbonyl (C=O) groups is 1. The van der Waals surface area contributed by atoms with Crippen molar-refractivity contribution in [1.82, 2.24) is 4.98 Å². The topological polar surface area (TPSA) is 88.2 Å². The molecular weight excluding hydrogens is 370 g/mol. The summed E-state index contributed by atoms with van der Waals surface area (Å²) in [5.41, 5.74) is 3.04. The Morgan fingerprint density at radius 2 is 1.85 bits per heavy atom. The van der Waals surface area contributed by atoms with Gasteiger partial charge in [-0.3, -0.25) is 9.52 Å². The van der Waals surface area contributed by atoms with Crippen LogP contribution in [0.2, 0.25) is 0 Å². The van der Waals surface area contributed by atoms with Gasteiger partial charge in [0.25, 0.3) is 10.0 Å². The van der Waals surface area contributed by atoms with E-state index in [0.29, 0.717) is 17.2 Å². The largest absolute Gasteiger partial charge is 0.302 e. The number of hydrogen-bond donors (Lipinski definition) is 2. The van der Waals surface area contributed by atoms with Crippen molar-refractivity contribution >= 4 is 48.3 Å². The quantitative estimate of drug-likeness (QED) is 0.689. The molecule has 1 aromatic heterocycles. The number of thiazole rings is 1. The molecule has 3 rings (SSSR count). The van der Waals surface area contributed by atoms with Crippen LogP contribution in [0, 0.1) is 13.8 Å². The third-order valence-corrected chi connectivity index (χ3v) is 6.15. The molecule has 1 heterocycles. The summed E-state index contributed by atoms with van der Waals surface area (Å²) in [4.78, 5) is 16.2. The summed E-state index contributed by atoms with van der Waals surface area (Å²) in [5, 5.41) is 3.24. The van der Waals surface area contributed by atoms with Gasteiger partial charge < -0.3 is 5.32 Å². The Morgan fingerprint density at radius 1 is 1.15 bits per heavy atom. The van der Waals surface area contributed by atoms with Crippen molar-refractivity contribution in [3.8, 4) is 0 Å². The summed E-state index contributed by atoms with van der Waals surface area (Å²) < 4.78 is 28.6. The van der Waals surface area contributed by atoms with Gasteiger partial charge in [-0.2, -0.15) is 0 Å². The number of carbonyl (C=O) groups excluding carboxylic acids is 1. The smallest absolute Gasteiger partial charge is 0.261 e. The predicted molar refractivity (Wildman–Crippen MR) is 105 cm³/mol. The van der Waals surface area contributed by atoms with E-state index in [1.54, 1.807) is 43.3 Å².